The molecular weight excluding hydrogens is 278 g/mol. The van der Waals surface area contributed by atoms with Gasteiger partial charge in [0.15, 0.2) is 5.13 Å². The number of thiazole rings is 1. The molecule has 0 radical (unpaired) electrons. The van der Waals surface area contributed by atoms with Crippen LogP contribution >= 0.6 is 11.3 Å². The minimum Gasteiger partial charge on any atom is -0.465 e. The van der Waals surface area contributed by atoms with Crippen LogP contribution in [0, 0.1) is 0 Å². The molecule has 0 spiro atoms. The highest BCUT2D eigenvalue weighted by Crippen LogP contribution is 2.16. The molecule has 0 saturated heterocycles. The number of hydrogen-bond donors (Lipinski definition) is 2. The third-order valence-corrected chi connectivity index (χ3v) is 3.15. The summed E-state index contributed by atoms with van der Waals surface area (Å²) in [5.74, 6) is 0.174. The van der Waals surface area contributed by atoms with E-state index < -0.39 is 0 Å². The lowest BCUT2D eigenvalue weighted by molar-refractivity contribution is -0.120. The zero-order valence-corrected chi connectivity index (χ0v) is 11.6. The Bertz CT molecular complexity index is 617. The Morgan fingerprint density at radius 3 is 3.05 bits per heavy atom. The summed E-state index contributed by atoms with van der Waals surface area (Å²) in [7, 11) is 1.57. The van der Waals surface area contributed by atoms with E-state index in [9.17, 15) is 9.59 Å². The van der Waals surface area contributed by atoms with Gasteiger partial charge in [-0.2, -0.15) is 0 Å². The summed E-state index contributed by atoms with van der Waals surface area (Å²) < 4.78 is 5.07. The summed E-state index contributed by atoms with van der Waals surface area (Å²) >= 11 is 1.27. The van der Waals surface area contributed by atoms with Crippen molar-refractivity contribution in [1.29, 1.82) is 0 Å². The molecule has 0 saturated carbocycles. The van der Waals surface area contributed by atoms with E-state index in [-0.39, 0.29) is 18.2 Å². The Morgan fingerprint density at radius 1 is 1.50 bits per heavy atom. The van der Waals surface area contributed by atoms with Crippen molar-refractivity contribution in [3.63, 3.8) is 0 Å². The average Bonchev–Trinajstić information content (AvgIpc) is 3.08. The standard InChI is InChI=1S/C13H13N3O3S/c1-14-12(18)7-9-8-20-13(15-9)16-11(17)5-4-10-3-2-6-19-10/h2-6,8H,7H2,1H3,(H,14,18)(H,15,16,17)/b5-4+. The summed E-state index contributed by atoms with van der Waals surface area (Å²) in [5, 5.41) is 7.33. The molecule has 2 rings (SSSR count). The molecule has 0 bridgehead atoms. The van der Waals surface area contributed by atoms with Gasteiger partial charge in [0.2, 0.25) is 11.8 Å². The van der Waals surface area contributed by atoms with Gasteiger partial charge in [0.1, 0.15) is 5.76 Å². The number of carbonyl (C=O) groups excluding carboxylic acids is 2. The molecule has 2 N–H and O–H groups in total. The Labute approximate surface area is 119 Å². The van der Waals surface area contributed by atoms with Crippen molar-refractivity contribution < 1.29 is 14.0 Å². The molecule has 0 aliphatic carbocycles. The van der Waals surface area contributed by atoms with Gasteiger partial charge in [0, 0.05) is 18.5 Å². The van der Waals surface area contributed by atoms with E-state index >= 15 is 0 Å². The summed E-state index contributed by atoms with van der Waals surface area (Å²) in [5.41, 5.74) is 0.625. The van der Waals surface area contributed by atoms with Crippen LogP contribution in [0.2, 0.25) is 0 Å². The highest BCUT2D eigenvalue weighted by atomic mass is 32.1. The van der Waals surface area contributed by atoms with Gasteiger partial charge in [0.05, 0.1) is 18.4 Å². The monoisotopic (exact) mass is 291 g/mol. The molecule has 6 nitrogen and oxygen atoms in total. The van der Waals surface area contributed by atoms with Crippen molar-refractivity contribution in [1.82, 2.24) is 10.3 Å². The van der Waals surface area contributed by atoms with Crippen LogP contribution in [-0.2, 0) is 16.0 Å². The highest BCUT2D eigenvalue weighted by molar-refractivity contribution is 7.14. The molecule has 2 aromatic rings. The van der Waals surface area contributed by atoms with E-state index in [1.54, 1.807) is 30.6 Å². The minimum atomic E-state index is -0.303. The molecule has 0 aliphatic heterocycles. The molecule has 7 heteroatoms. The molecule has 0 aromatic carbocycles. The first-order chi connectivity index (χ1) is 9.67. The van der Waals surface area contributed by atoms with E-state index in [1.165, 1.54) is 23.7 Å². The fourth-order valence-corrected chi connectivity index (χ4v) is 2.10. The molecule has 104 valence electrons. The van der Waals surface area contributed by atoms with Gasteiger partial charge in [-0.15, -0.1) is 11.3 Å². The number of nitrogens with one attached hydrogen (secondary N) is 2. The maximum absolute atomic E-state index is 11.6. The van der Waals surface area contributed by atoms with Crippen molar-refractivity contribution in [3.8, 4) is 0 Å². The number of anilines is 1. The lowest BCUT2D eigenvalue weighted by Gasteiger charge is -1.96. The van der Waals surface area contributed by atoms with Crippen LogP contribution in [0.3, 0.4) is 0 Å². The second-order valence-electron chi connectivity index (χ2n) is 3.83. The SMILES string of the molecule is CNC(=O)Cc1csc(NC(=O)/C=C/c2ccco2)n1. The number of furan rings is 1. The van der Waals surface area contributed by atoms with Gasteiger partial charge in [-0.05, 0) is 18.2 Å². The largest absolute Gasteiger partial charge is 0.465 e. The third kappa shape index (κ3) is 4.06. The normalized spacial score (nSPS) is 10.7. The number of aromatic nitrogens is 1. The van der Waals surface area contributed by atoms with E-state index in [4.69, 9.17) is 4.42 Å². The maximum Gasteiger partial charge on any atom is 0.250 e. The van der Waals surface area contributed by atoms with Gasteiger partial charge in [-0.1, -0.05) is 0 Å². The minimum absolute atomic E-state index is 0.120. The average molecular weight is 291 g/mol. The smallest absolute Gasteiger partial charge is 0.250 e. The second kappa shape index (κ2) is 6.67. The number of rotatable bonds is 5. The predicted octanol–water partition coefficient (Wildman–Crippen LogP) is 1.68. The van der Waals surface area contributed by atoms with Crippen molar-refractivity contribution in [2.24, 2.45) is 0 Å². The van der Waals surface area contributed by atoms with Gasteiger partial charge in [-0.25, -0.2) is 4.98 Å². The zero-order chi connectivity index (χ0) is 14.4. The number of likely N-dealkylation sites (N-methyl/N-ethyl adjacent to an activating group) is 1. The van der Waals surface area contributed by atoms with Crippen LogP contribution in [0.4, 0.5) is 5.13 Å². The number of hydrogen-bond acceptors (Lipinski definition) is 5. The van der Waals surface area contributed by atoms with Crippen LogP contribution in [0.1, 0.15) is 11.5 Å². The first-order valence-corrected chi connectivity index (χ1v) is 6.73. The first-order valence-electron chi connectivity index (χ1n) is 5.85. The third-order valence-electron chi connectivity index (χ3n) is 2.34. The van der Waals surface area contributed by atoms with E-state index in [2.05, 4.69) is 15.6 Å². The number of carbonyl (C=O) groups is 2. The van der Waals surface area contributed by atoms with Crippen molar-refractivity contribution >= 4 is 34.4 Å². The summed E-state index contributed by atoms with van der Waals surface area (Å²) in [6.07, 6.45) is 4.65. The van der Waals surface area contributed by atoms with Crippen LogP contribution in [-0.4, -0.2) is 23.8 Å². The molecule has 20 heavy (non-hydrogen) atoms. The highest BCUT2D eigenvalue weighted by Gasteiger charge is 2.07. The van der Waals surface area contributed by atoms with E-state index in [0.717, 1.165) is 0 Å². The van der Waals surface area contributed by atoms with Crippen LogP contribution < -0.4 is 10.6 Å². The maximum atomic E-state index is 11.6. The fourth-order valence-electron chi connectivity index (χ4n) is 1.39. The van der Waals surface area contributed by atoms with E-state index in [0.29, 0.717) is 16.6 Å². The molecular formula is C13H13N3O3S. The van der Waals surface area contributed by atoms with Gasteiger partial charge in [0.25, 0.3) is 0 Å². The van der Waals surface area contributed by atoms with Crippen LogP contribution in [0.15, 0.2) is 34.3 Å². The van der Waals surface area contributed by atoms with Gasteiger partial charge in [-0.3, -0.25) is 14.9 Å². The Hall–Kier alpha value is -2.41. The van der Waals surface area contributed by atoms with Crippen LogP contribution in [0.25, 0.3) is 6.08 Å². The van der Waals surface area contributed by atoms with Crippen LogP contribution in [0.5, 0.6) is 0 Å². The lowest BCUT2D eigenvalue weighted by Crippen LogP contribution is -2.20. The first kappa shape index (κ1) is 14.0. The summed E-state index contributed by atoms with van der Waals surface area (Å²) in [6, 6.07) is 3.48. The summed E-state index contributed by atoms with van der Waals surface area (Å²) in [4.78, 5) is 27.0. The quantitative estimate of drug-likeness (QED) is 0.821. The molecule has 2 heterocycles. The Balaban J connectivity index is 1.90. The number of amides is 2. The molecule has 0 atom stereocenters. The molecule has 0 unspecified atom stereocenters. The predicted molar refractivity (Wildman–Crippen MR) is 76.3 cm³/mol. The van der Waals surface area contributed by atoms with Crippen molar-refractivity contribution in [2.75, 3.05) is 12.4 Å². The molecule has 0 aliphatic rings. The Morgan fingerprint density at radius 2 is 2.35 bits per heavy atom. The number of nitrogens with zero attached hydrogens (tertiary/aromatic N) is 1. The second-order valence-corrected chi connectivity index (χ2v) is 4.69. The topological polar surface area (TPSA) is 84.2 Å². The van der Waals surface area contributed by atoms with Crippen molar-refractivity contribution in [3.05, 3.63) is 41.3 Å². The lowest BCUT2D eigenvalue weighted by atomic mass is 10.3. The fraction of sp³-hybridized carbons (Fsp3) is 0.154. The Kier molecular flexibility index (Phi) is 4.67. The van der Waals surface area contributed by atoms with E-state index in [1.807, 2.05) is 0 Å². The molecule has 2 amide bonds. The van der Waals surface area contributed by atoms with Gasteiger partial charge >= 0.3 is 0 Å². The van der Waals surface area contributed by atoms with Crippen molar-refractivity contribution in [2.45, 2.75) is 6.42 Å². The molecule has 0 fully saturated rings. The molecule has 2 aromatic heterocycles. The van der Waals surface area contributed by atoms with Gasteiger partial charge < -0.3 is 9.73 Å². The summed E-state index contributed by atoms with van der Waals surface area (Å²) in [6.45, 7) is 0. The zero-order valence-electron chi connectivity index (χ0n) is 10.8.